The number of benzene rings is 1. The number of hydrogen-bond acceptors (Lipinski definition) is 7. The Balaban J connectivity index is 1.85. The second-order valence-electron chi connectivity index (χ2n) is 6.67. The number of aromatic nitrogens is 1. The lowest BCUT2D eigenvalue weighted by Gasteiger charge is -2.16. The number of carbonyl (C=O) groups excluding carboxylic acids is 2. The van der Waals surface area contributed by atoms with E-state index in [2.05, 4.69) is 10.3 Å². The van der Waals surface area contributed by atoms with Crippen LogP contribution in [0.25, 0.3) is 0 Å². The normalized spacial score (nSPS) is 14.0. The van der Waals surface area contributed by atoms with Crippen molar-refractivity contribution in [2.75, 3.05) is 32.1 Å². The van der Waals surface area contributed by atoms with Crippen molar-refractivity contribution in [3.63, 3.8) is 0 Å². The molecule has 0 bridgehead atoms. The highest BCUT2D eigenvalue weighted by atomic mass is 35.5. The largest absolute Gasteiger partial charge is 0.466 e. The number of aliphatic hydroxyl groups is 1. The van der Waals surface area contributed by atoms with Crippen molar-refractivity contribution >= 4 is 40.8 Å². The predicted molar refractivity (Wildman–Crippen MR) is 112 cm³/mol. The fraction of sp³-hybridized carbons (Fsp3) is 0.250. The Kier molecular flexibility index (Phi) is 7.35. The van der Waals surface area contributed by atoms with Gasteiger partial charge in [0, 0.05) is 24.5 Å². The summed E-state index contributed by atoms with van der Waals surface area (Å²) >= 11 is 12.4. The Bertz CT molecular complexity index is 1080. The molecule has 1 aliphatic rings. The van der Waals surface area contributed by atoms with Gasteiger partial charge in [-0.25, -0.2) is 9.78 Å². The minimum Gasteiger partial charge on any atom is -0.466 e. The van der Waals surface area contributed by atoms with E-state index in [4.69, 9.17) is 37.8 Å². The van der Waals surface area contributed by atoms with Crippen molar-refractivity contribution in [1.29, 1.82) is 0 Å². The minimum absolute atomic E-state index is 0.0128. The van der Waals surface area contributed by atoms with Crippen LogP contribution in [0.3, 0.4) is 0 Å². The first-order valence-corrected chi connectivity index (χ1v) is 9.99. The Morgan fingerprint density at radius 3 is 2.45 bits per heavy atom. The summed E-state index contributed by atoms with van der Waals surface area (Å²) in [5.41, 5.74) is -0.732. The lowest BCUT2D eigenvalue weighted by molar-refractivity contribution is -0.138. The van der Waals surface area contributed by atoms with Crippen molar-refractivity contribution in [2.24, 2.45) is 0 Å². The van der Waals surface area contributed by atoms with Gasteiger partial charge in [-0.15, -0.1) is 0 Å². The van der Waals surface area contributed by atoms with E-state index in [1.54, 1.807) is 0 Å². The number of methoxy groups -OCH3 is 1. The van der Waals surface area contributed by atoms with Crippen LogP contribution in [0.4, 0.5) is 18.9 Å². The summed E-state index contributed by atoms with van der Waals surface area (Å²) in [7, 11) is 1.17. The third-order valence-corrected chi connectivity index (χ3v) is 5.05. The highest BCUT2D eigenvalue weighted by molar-refractivity contribution is 6.37. The fourth-order valence-electron chi connectivity index (χ4n) is 2.94. The number of aliphatic hydroxyl groups excluding tert-OH is 1. The van der Waals surface area contributed by atoms with Gasteiger partial charge >= 0.3 is 12.1 Å². The Hall–Kier alpha value is -3.02. The van der Waals surface area contributed by atoms with Gasteiger partial charge in [-0.2, -0.15) is 13.2 Å². The molecule has 0 spiro atoms. The zero-order chi connectivity index (χ0) is 24.3. The number of alkyl halides is 3. The fourth-order valence-corrected chi connectivity index (χ4v) is 3.50. The molecule has 2 aromatic rings. The zero-order valence-electron chi connectivity index (χ0n) is 16.9. The number of hydrogen-bond donors (Lipinski definition) is 2. The molecule has 0 aliphatic carbocycles. The molecule has 176 valence electrons. The standard InChI is InChI=1S/C20H16Cl2F3N3O5/c1-32-19(31)12-9-28(4-5-29)18(30)16(12)27-11-6-13(21)17(14(22)7-11)33-15-3-2-10(8-26-15)20(23,24)25/h2-3,6-8,27,29H,4-5,9H2,1H3. The number of nitrogens with zero attached hydrogens (tertiary/aromatic N) is 2. The van der Waals surface area contributed by atoms with Gasteiger partial charge in [0.25, 0.3) is 5.91 Å². The molecule has 33 heavy (non-hydrogen) atoms. The van der Waals surface area contributed by atoms with Gasteiger partial charge < -0.3 is 24.8 Å². The second-order valence-corrected chi connectivity index (χ2v) is 7.49. The molecule has 1 aliphatic heterocycles. The van der Waals surface area contributed by atoms with E-state index in [0.717, 1.165) is 12.1 Å². The third kappa shape index (κ3) is 5.49. The van der Waals surface area contributed by atoms with Crippen LogP contribution < -0.4 is 10.1 Å². The van der Waals surface area contributed by atoms with Crippen LogP contribution in [0, 0.1) is 0 Å². The molecule has 0 atom stereocenters. The van der Waals surface area contributed by atoms with Crippen LogP contribution in [0.15, 0.2) is 41.7 Å². The molecule has 1 aromatic heterocycles. The van der Waals surface area contributed by atoms with Crippen LogP contribution >= 0.6 is 23.2 Å². The van der Waals surface area contributed by atoms with Crippen LogP contribution in [0.5, 0.6) is 11.6 Å². The molecule has 2 heterocycles. The van der Waals surface area contributed by atoms with Crippen molar-refractivity contribution < 1.29 is 37.3 Å². The number of ether oxygens (including phenoxy) is 2. The summed E-state index contributed by atoms with van der Waals surface area (Å²) in [6.07, 6.45) is -3.94. The van der Waals surface area contributed by atoms with Crippen molar-refractivity contribution in [2.45, 2.75) is 6.18 Å². The summed E-state index contributed by atoms with van der Waals surface area (Å²) in [6.45, 7) is -0.343. The average Bonchev–Trinajstić information content (AvgIpc) is 3.05. The number of nitrogens with one attached hydrogen (secondary N) is 1. The van der Waals surface area contributed by atoms with E-state index in [1.807, 2.05) is 0 Å². The van der Waals surface area contributed by atoms with Gasteiger partial charge in [-0.3, -0.25) is 4.79 Å². The van der Waals surface area contributed by atoms with Gasteiger partial charge in [0.2, 0.25) is 5.88 Å². The van der Waals surface area contributed by atoms with Crippen LogP contribution in [-0.2, 0) is 20.5 Å². The Morgan fingerprint density at radius 2 is 1.94 bits per heavy atom. The molecule has 0 radical (unpaired) electrons. The number of rotatable bonds is 7. The van der Waals surface area contributed by atoms with E-state index in [-0.39, 0.29) is 58.3 Å². The molecule has 8 nitrogen and oxygen atoms in total. The number of anilines is 1. The monoisotopic (exact) mass is 505 g/mol. The first-order valence-electron chi connectivity index (χ1n) is 9.24. The zero-order valence-corrected chi connectivity index (χ0v) is 18.4. The topological polar surface area (TPSA) is 101 Å². The van der Waals surface area contributed by atoms with Crippen LogP contribution in [-0.4, -0.2) is 53.7 Å². The van der Waals surface area contributed by atoms with E-state index in [0.29, 0.717) is 6.20 Å². The lowest BCUT2D eigenvalue weighted by Crippen LogP contribution is -2.31. The summed E-state index contributed by atoms with van der Waals surface area (Å²) in [4.78, 5) is 29.5. The highest BCUT2D eigenvalue weighted by Gasteiger charge is 2.35. The summed E-state index contributed by atoms with van der Waals surface area (Å²) in [5, 5.41) is 11.8. The number of β-amino-alcohol motifs (C(OH)–C–C–N with tert-alkyl or cyclic N) is 1. The number of pyridine rings is 1. The SMILES string of the molecule is COC(=O)C1=C(Nc2cc(Cl)c(Oc3ccc(C(F)(F)F)cn3)c(Cl)c2)C(=O)N(CCO)C1. The first-order chi connectivity index (χ1) is 15.5. The molecule has 2 N–H and O–H groups in total. The smallest absolute Gasteiger partial charge is 0.417 e. The third-order valence-electron chi connectivity index (χ3n) is 4.49. The first kappa shape index (κ1) is 24.6. The summed E-state index contributed by atoms with van der Waals surface area (Å²) in [6, 6.07) is 4.50. The molecule has 1 aromatic carbocycles. The van der Waals surface area contributed by atoms with E-state index in [9.17, 15) is 22.8 Å². The molecule has 13 heteroatoms. The average molecular weight is 506 g/mol. The molecule has 1 amide bonds. The molecule has 0 saturated heterocycles. The van der Waals surface area contributed by atoms with Crippen molar-refractivity contribution in [3.05, 3.63) is 57.3 Å². The van der Waals surface area contributed by atoms with E-state index < -0.39 is 23.6 Å². The Morgan fingerprint density at radius 1 is 1.27 bits per heavy atom. The molecular formula is C20H16Cl2F3N3O5. The maximum Gasteiger partial charge on any atom is 0.417 e. The minimum atomic E-state index is -4.55. The maximum atomic E-state index is 12.7. The van der Waals surface area contributed by atoms with Gasteiger partial charge in [0.05, 0.1) is 41.4 Å². The second kappa shape index (κ2) is 9.86. The van der Waals surface area contributed by atoms with Gasteiger partial charge in [-0.05, 0) is 18.2 Å². The molecule has 0 fully saturated rings. The molecular weight excluding hydrogens is 490 g/mol. The van der Waals surface area contributed by atoms with Gasteiger partial charge in [0.15, 0.2) is 5.75 Å². The number of halogens is 5. The molecule has 3 rings (SSSR count). The van der Waals surface area contributed by atoms with Gasteiger partial charge in [-0.1, -0.05) is 23.2 Å². The number of esters is 1. The highest BCUT2D eigenvalue weighted by Crippen LogP contribution is 2.39. The predicted octanol–water partition coefficient (Wildman–Crippen LogP) is 3.87. The van der Waals surface area contributed by atoms with E-state index >= 15 is 0 Å². The number of amides is 1. The quantitative estimate of drug-likeness (QED) is 0.550. The summed E-state index contributed by atoms with van der Waals surface area (Å²) in [5.74, 6) is -1.51. The van der Waals surface area contributed by atoms with Crippen molar-refractivity contribution in [3.8, 4) is 11.6 Å². The maximum absolute atomic E-state index is 12.7. The van der Waals surface area contributed by atoms with Crippen LogP contribution in [0.1, 0.15) is 5.56 Å². The molecule has 0 saturated carbocycles. The van der Waals surface area contributed by atoms with Crippen LogP contribution in [0.2, 0.25) is 10.0 Å². The summed E-state index contributed by atoms with van der Waals surface area (Å²) < 4.78 is 48.2. The van der Waals surface area contributed by atoms with Crippen molar-refractivity contribution in [1.82, 2.24) is 9.88 Å². The Labute approximate surface area is 195 Å². The number of carbonyl (C=O) groups is 2. The lowest BCUT2D eigenvalue weighted by atomic mass is 10.2. The van der Waals surface area contributed by atoms with Gasteiger partial charge in [0.1, 0.15) is 5.70 Å². The van der Waals surface area contributed by atoms with E-state index in [1.165, 1.54) is 24.1 Å². The molecule has 0 unspecified atom stereocenters.